The molecule has 0 N–H and O–H groups in total. The molecule has 1 aromatic rings. The van der Waals surface area contributed by atoms with E-state index in [1.54, 1.807) is 19.2 Å². The fourth-order valence-corrected chi connectivity index (χ4v) is 3.02. The standard InChI is InChI=1S/C16H21ClO2/c1-19-13-9-10-14(15(17)11-13)16(18)12-7-5-3-2-4-6-8-12/h9-12H,2-8H2,1H3. The highest BCUT2D eigenvalue weighted by atomic mass is 35.5. The van der Waals surface area contributed by atoms with Crippen LogP contribution in [0.15, 0.2) is 18.2 Å². The molecule has 0 spiro atoms. The van der Waals surface area contributed by atoms with Gasteiger partial charge in [-0.15, -0.1) is 0 Å². The predicted molar refractivity (Wildman–Crippen MR) is 78.1 cm³/mol. The zero-order valence-corrected chi connectivity index (χ0v) is 12.2. The molecule has 3 heteroatoms. The number of rotatable bonds is 3. The van der Waals surface area contributed by atoms with Gasteiger partial charge in [0.25, 0.3) is 0 Å². The van der Waals surface area contributed by atoms with Gasteiger partial charge in [-0.3, -0.25) is 4.79 Å². The summed E-state index contributed by atoms with van der Waals surface area (Å²) in [4.78, 5) is 12.6. The van der Waals surface area contributed by atoms with Gasteiger partial charge in [0.15, 0.2) is 5.78 Å². The molecule has 104 valence electrons. The number of carbonyl (C=O) groups excluding carboxylic acids is 1. The summed E-state index contributed by atoms with van der Waals surface area (Å²) in [5.74, 6) is 1.04. The van der Waals surface area contributed by atoms with Crippen molar-refractivity contribution in [2.75, 3.05) is 7.11 Å². The lowest BCUT2D eigenvalue weighted by Crippen LogP contribution is -2.16. The first-order valence-electron chi connectivity index (χ1n) is 7.10. The Balaban J connectivity index is 2.13. The highest BCUT2D eigenvalue weighted by Crippen LogP contribution is 2.29. The lowest BCUT2D eigenvalue weighted by molar-refractivity contribution is 0.0898. The molecule has 0 amide bonds. The van der Waals surface area contributed by atoms with Crippen LogP contribution in [0.2, 0.25) is 5.02 Å². The molecule has 2 nitrogen and oxygen atoms in total. The van der Waals surface area contributed by atoms with E-state index in [1.165, 1.54) is 19.3 Å². The van der Waals surface area contributed by atoms with Gasteiger partial charge in [-0.2, -0.15) is 0 Å². The second-order valence-corrected chi connectivity index (χ2v) is 5.66. The number of carbonyl (C=O) groups is 1. The molecule has 0 unspecified atom stereocenters. The fraction of sp³-hybridized carbons (Fsp3) is 0.562. The quantitative estimate of drug-likeness (QED) is 0.737. The zero-order chi connectivity index (χ0) is 13.7. The minimum Gasteiger partial charge on any atom is -0.497 e. The summed E-state index contributed by atoms with van der Waals surface area (Å²) in [7, 11) is 1.60. The molecular formula is C16H21ClO2. The number of methoxy groups -OCH3 is 1. The molecule has 0 heterocycles. The Hall–Kier alpha value is -1.02. The molecule has 0 aliphatic heterocycles. The molecule has 19 heavy (non-hydrogen) atoms. The molecule has 1 aliphatic rings. The lowest BCUT2D eigenvalue weighted by atomic mass is 9.85. The number of hydrogen-bond acceptors (Lipinski definition) is 2. The molecule has 1 fully saturated rings. The first kappa shape index (κ1) is 14.4. The highest BCUT2D eigenvalue weighted by Gasteiger charge is 2.22. The van der Waals surface area contributed by atoms with Gasteiger partial charge in [-0.25, -0.2) is 0 Å². The van der Waals surface area contributed by atoms with Crippen LogP contribution < -0.4 is 4.74 Å². The number of benzene rings is 1. The van der Waals surface area contributed by atoms with E-state index in [9.17, 15) is 4.79 Å². The Labute approximate surface area is 120 Å². The van der Waals surface area contributed by atoms with Crippen LogP contribution in [0.1, 0.15) is 55.3 Å². The van der Waals surface area contributed by atoms with Crippen LogP contribution in [-0.2, 0) is 0 Å². The molecule has 0 radical (unpaired) electrons. The van der Waals surface area contributed by atoms with E-state index in [0.29, 0.717) is 16.3 Å². The van der Waals surface area contributed by atoms with Crippen LogP contribution in [-0.4, -0.2) is 12.9 Å². The van der Waals surface area contributed by atoms with Crippen molar-refractivity contribution >= 4 is 17.4 Å². The van der Waals surface area contributed by atoms with E-state index in [4.69, 9.17) is 16.3 Å². The predicted octanol–water partition coefficient (Wildman–Crippen LogP) is 4.89. The monoisotopic (exact) mass is 280 g/mol. The van der Waals surface area contributed by atoms with Crippen molar-refractivity contribution in [2.24, 2.45) is 5.92 Å². The van der Waals surface area contributed by atoms with Gasteiger partial charge in [0.1, 0.15) is 5.75 Å². The van der Waals surface area contributed by atoms with Crippen LogP contribution in [0.5, 0.6) is 5.75 Å². The Morgan fingerprint density at radius 2 is 1.79 bits per heavy atom. The van der Waals surface area contributed by atoms with Gasteiger partial charge < -0.3 is 4.74 Å². The average Bonchev–Trinajstić information content (AvgIpc) is 2.37. The highest BCUT2D eigenvalue weighted by molar-refractivity contribution is 6.34. The largest absolute Gasteiger partial charge is 0.497 e. The van der Waals surface area contributed by atoms with Crippen LogP contribution in [0.4, 0.5) is 0 Å². The van der Waals surface area contributed by atoms with Crippen molar-refractivity contribution in [1.82, 2.24) is 0 Å². The second-order valence-electron chi connectivity index (χ2n) is 5.25. The maximum atomic E-state index is 12.6. The summed E-state index contributed by atoms with van der Waals surface area (Å²) < 4.78 is 5.12. The maximum absolute atomic E-state index is 12.6. The van der Waals surface area contributed by atoms with Gasteiger partial charge in [0, 0.05) is 11.5 Å². The van der Waals surface area contributed by atoms with E-state index < -0.39 is 0 Å². The number of ether oxygens (including phenoxy) is 1. The number of hydrogen-bond donors (Lipinski definition) is 0. The molecule has 0 aromatic heterocycles. The number of Topliss-reactive ketones (excluding diaryl/α,β-unsaturated/α-hetero) is 1. The number of halogens is 1. The molecule has 0 atom stereocenters. The Morgan fingerprint density at radius 1 is 1.16 bits per heavy atom. The third-order valence-electron chi connectivity index (χ3n) is 3.92. The van der Waals surface area contributed by atoms with Crippen molar-refractivity contribution in [3.05, 3.63) is 28.8 Å². The van der Waals surface area contributed by atoms with Crippen molar-refractivity contribution in [3.63, 3.8) is 0 Å². The molecular weight excluding hydrogens is 260 g/mol. The van der Waals surface area contributed by atoms with Crippen molar-refractivity contribution in [1.29, 1.82) is 0 Å². The van der Waals surface area contributed by atoms with Gasteiger partial charge in [0.2, 0.25) is 0 Å². The van der Waals surface area contributed by atoms with Crippen LogP contribution in [0.25, 0.3) is 0 Å². The lowest BCUT2D eigenvalue weighted by Gasteiger charge is -2.19. The smallest absolute Gasteiger partial charge is 0.167 e. The molecule has 0 bridgehead atoms. The van der Waals surface area contributed by atoms with E-state index in [0.717, 1.165) is 25.7 Å². The van der Waals surface area contributed by atoms with Crippen molar-refractivity contribution in [3.8, 4) is 5.75 Å². The van der Waals surface area contributed by atoms with Crippen LogP contribution in [0.3, 0.4) is 0 Å². The van der Waals surface area contributed by atoms with Crippen molar-refractivity contribution < 1.29 is 9.53 Å². The van der Waals surface area contributed by atoms with Gasteiger partial charge in [0.05, 0.1) is 12.1 Å². The summed E-state index contributed by atoms with van der Waals surface area (Å²) in [6.45, 7) is 0. The molecule has 2 rings (SSSR count). The number of ketones is 1. The summed E-state index contributed by atoms with van der Waals surface area (Å²) in [6.07, 6.45) is 8.13. The third-order valence-corrected chi connectivity index (χ3v) is 4.23. The zero-order valence-electron chi connectivity index (χ0n) is 11.5. The van der Waals surface area contributed by atoms with Gasteiger partial charge in [-0.1, -0.05) is 43.7 Å². The molecule has 1 saturated carbocycles. The third kappa shape index (κ3) is 3.73. The summed E-state index contributed by atoms with van der Waals surface area (Å²) in [5.41, 5.74) is 0.646. The summed E-state index contributed by atoms with van der Waals surface area (Å²) >= 11 is 6.19. The van der Waals surface area contributed by atoms with Gasteiger partial charge >= 0.3 is 0 Å². The molecule has 1 aliphatic carbocycles. The molecule has 1 aromatic carbocycles. The second kappa shape index (κ2) is 6.95. The topological polar surface area (TPSA) is 26.3 Å². The minimum atomic E-state index is 0.145. The molecule has 0 saturated heterocycles. The Morgan fingerprint density at radius 3 is 2.37 bits per heavy atom. The summed E-state index contributed by atoms with van der Waals surface area (Å²) in [5, 5.41) is 0.506. The van der Waals surface area contributed by atoms with E-state index in [2.05, 4.69) is 0 Å². The minimum absolute atomic E-state index is 0.145. The summed E-state index contributed by atoms with van der Waals surface area (Å²) in [6, 6.07) is 5.32. The fourth-order valence-electron chi connectivity index (χ4n) is 2.76. The first-order chi connectivity index (χ1) is 9.22. The normalized spacial score (nSPS) is 17.6. The Bertz CT molecular complexity index is 434. The van der Waals surface area contributed by atoms with E-state index in [-0.39, 0.29) is 11.7 Å². The first-order valence-corrected chi connectivity index (χ1v) is 7.48. The average molecular weight is 281 g/mol. The van der Waals surface area contributed by atoms with Crippen LogP contribution in [0, 0.1) is 5.92 Å². The van der Waals surface area contributed by atoms with E-state index >= 15 is 0 Å². The van der Waals surface area contributed by atoms with Gasteiger partial charge in [-0.05, 0) is 31.0 Å². The van der Waals surface area contributed by atoms with Crippen molar-refractivity contribution in [2.45, 2.75) is 44.9 Å². The maximum Gasteiger partial charge on any atom is 0.167 e. The SMILES string of the molecule is COc1ccc(C(=O)C2CCCCCCC2)c(Cl)c1. The van der Waals surface area contributed by atoms with Crippen LogP contribution >= 0.6 is 11.6 Å². The Kier molecular flexibility index (Phi) is 5.26. The van der Waals surface area contributed by atoms with E-state index in [1.807, 2.05) is 6.07 Å².